The molecule has 2 aromatic rings. The van der Waals surface area contributed by atoms with Crippen LogP contribution in [0.5, 0.6) is 0 Å². The fourth-order valence-corrected chi connectivity index (χ4v) is 4.31. The number of cyclic esters (lactones) is 1. The number of amides is 3. The van der Waals surface area contributed by atoms with Crippen LogP contribution in [-0.2, 0) is 26.7 Å². The third-order valence-corrected chi connectivity index (χ3v) is 6.13. The first kappa shape index (κ1) is 24.6. The Balaban J connectivity index is 2.08. The van der Waals surface area contributed by atoms with E-state index < -0.39 is 41.2 Å². The summed E-state index contributed by atoms with van der Waals surface area (Å²) in [7, 11) is 1.94. The molecule has 0 spiro atoms. The van der Waals surface area contributed by atoms with Crippen molar-refractivity contribution in [2.45, 2.75) is 71.6 Å². The van der Waals surface area contributed by atoms with E-state index in [1.165, 1.54) is 0 Å². The SMILES string of the molecule is CC(C)C1COC(=O)N1C(=O)C(NC(=O)OC(C)(C)C)C(C)(C)c1cn(C)c2ccccc12. The average molecular weight is 458 g/mol. The van der Waals surface area contributed by atoms with Gasteiger partial charge in [-0.05, 0) is 38.3 Å². The fourth-order valence-electron chi connectivity index (χ4n) is 4.31. The van der Waals surface area contributed by atoms with Gasteiger partial charge in [-0.15, -0.1) is 0 Å². The molecule has 2 atom stereocenters. The molecule has 180 valence electrons. The van der Waals surface area contributed by atoms with E-state index in [1.807, 2.05) is 69.8 Å². The van der Waals surface area contributed by atoms with Crippen LogP contribution in [-0.4, -0.2) is 51.9 Å². The number of imide groups is 1. The topological polar surface area (TPSA) is 89.9 Å². The van der Waals surface area contributed by atoms with E-state index in [9.17, 15) is 14.4 Å². The number of rotatable bonds is 5. The Hall–Kier alpha value is -3.03. The third kappa shape index (κ3) is 4.84. The van der Waals surface area contributed by atoms with Gasteiger partial charge in [-0.25, -0.2) is 14.5 Å². The number of alkyl carbamates (subject to hydrolysis) is 1. The van der Waals surface area contributed by atoms with E-state index in [-0.39, 0.29) is 12.5 Å². The number of nitrogens with one attached hydrogen (secondary N) is 1. The summed E-state index contributed by atoms with van der Waals surface area (Å²) in [6.07, 6.45) is 0.551. The molecular formula is C25H35N3O5. The van der Waals surface area contributed by atoms with Crippen molar-refractivity contribution >= 4 is 29.0 Å². The number of ether oxygens (including phenoxy) is 2. The smallest absolute Gasteiger partial charge is 0.417 e. The summed E-state index contributed by atoms with van der Waals surface area (Å²) < 4.78 is 12.7. The van der Waals surface area contributed by atoms with Gasteiger partial charge < -0.3 is 19.4 Å². The van der Waals surface area contributed by atoms with Gasteiger partial charge in [-0.1, -0.05) is 45.9 Å². The molecule has 1 aromatic heterocycles. The van der Waals surface area contributed by atoms with Crippen LogP contribution in [0.1, 0.15) is 54.0 Å². The highest BCUT2D eigenvalue weighted by atomic mass is 16.6. The predicted octanol–water partition coefficient (Wildman–Crippen LogP) is 4.35. The monoisotopic (exact) mass is 457 g/mol. The van der Waals surface area contributed by atoms with Gasteiger partial charge in [-0.2, -0.15) is 0 Å². The number of hydrogen-bond donors (Lipinski definition) is 1. The van der Waals surface area contributed by atoms with Gasteiger partial charge >= 0.3 is 12.2 Å². The highest BCUT2D eigenvalue weighted by Gasteiger charge is 2.48. The van der Waals surface area contributed by atoms with Gasteiger partial charge in [0.2, 0.25) is 0 Å². The van der Waals surface area contributed by atoms with E-state index in [1.54, 1.807) is 20.8 Å². The van der Waals surface area contributed by atoms with Crippen LogP contribution >= 0.6 is 0 Å². The van der Waals surface area contributed by atoms with Crippen LogP contribution < -0.4 is 5.32 Å². The zero-order valence-electron chi connectivity index (χ0n) is 20.8. The molecule has 0 bridgehead atoms. The number of aryl methyl sites for hydroxylation is 1. The summed E-state index contributed by atoms with van der Waals surface area (Å²) in [6.45, 7) is 13.0. The Kier molecular flexibility index (Phi) is 6.51. The van der Waals surface area contributed by atoms with Crippen molar-refractivity contribution in [3.63, 3.8) is 0 Å². The predicted molar refractivity (Wildman–Crippen MR) is 126 cm³/mol. The lowest BCUT2D eigenvalue weighted by Crippen LogP contribution is -2.59. The highest BCUT2D eigenvalue weighted by molar-refractivity contribution is 5.99. The molecule has 8 heteroatoms. The van der Waals surface area contributed by atoms with Gasteiger partial charge in [-0.3, -0.25) is 4.79 Å². The van der Waals surface area contributed by atoms with Gasteiger partial charge in [0.25, 0.3) is 5.91 Å². The molecule has 2 heterocycles. The van der Waals surface area contributed by atoms with Crippen molar-refractivity contribution < 1.29 is 23.9 Å². The lowest BCUT2D eigenvalue weighted by molar-refractivity contribution is -0.133. The van der Waals surface area contributed by atoms with Crippen molar-refractivity contribution in [3.8, 4) is 0 Å². The van der Waals surface area contributed by atoms with Crippen molar-refractivity contribution in [2.75, 3.05) is 6.61 Å². The second kappa shape index (κ2) is 8.72. The van der Waals surface area contributed by atoms with Crippen molar-refractivity contribution in [1.29, 1.82) is 0 Å². The first-order valence-electron chi connectivity index (χ1n) is 11.3. The third-order valence-electron chi connectivity index (χ3n) is 6.13. The minimum atomic E-state index is -1.06. The van der Waals surface area contributed by atoms with Crippen LogP contribution in [0.3, 0.4) is 0 Å². The second-order valence-electron chi connectivity index (χ2n) is 10.6. The van der Waals surface area contributed by atoms with Crippen molar-refractivity contribution in [1.82, 2.24) is 14.8 Å². The maximum absolute atomic E-state index is 13.9. The Morgan fingerprint density at radius 2 is 1.79 bits per heavy atom. The quantitative estimate of drug-likeness (QED) is 0.721. The normalized spacial score (nSPS) is 17.9. The summed E-state index contributed by atoms with van der Waals surface area (Å²) in [5.41, 5.74) is 0.265. The Morgan fingerprint density at radius 1 is 1.15 bits per heavy atom. The molecule has 8 nitrogen and oxygen atoms in total. The number of aromatic nitrogens is 1. The summed E-state index contributed by atoms with van der Waals surface area (Å²) >= 11 is 0. The molecule has 1 N–H and O–H groups in total. The second-order valence-corrected chi connectivity index (χ2v) is 10.6. The molecule has 0 radical (unpaired) electrons. The summed E-state index contributed by atoms with van der Waals surface area (Å²) in [6, 6.07) is 6.41. The number of fused-ring (bicyclic) bond motifs is 1. The van der Waals surface area contributed by atoms with E-state index in [2.05, 4.69) is 5.32 Å². The molecule has 1 aliphatic heterocycles. The molecule has 3 amide bonds. The molecule has 1 saturated heterocycles. The Morgan fingerprint density at radius 3 is 2.39 bits per heavy atom. The summed E-state index contributed by atoms with van der Waals surface area (Å²) in [5, 5.41) is 3.74. The van der Waals surface area contributed by atoms with Gasteiger partial charge in [0.05, 0.1) is 6.04 Å². The van der Waals surface area contributed by atoms with E-state index in [0.717, 1.165) is 21.4 Å². The van der Waals surface area contributed by atoms with Gasteiger partial charge in [0, 0.05) is 29.6 Å². The molecular weight excluding hydrogens is 422 g/mol. The zero-order valence-corrected chi connectivity index (χ0v) is 20.8. The first-order chi connectivity index (χ1) is 15.2. The van der Waals surface area contributed by atoms with Crippen LogP contribution in [0.4, 0.5) is 9.59 Å². The number of benzene rings is 1. The van der Waals surface area contributed by atoms with E-state index in [0.29, 0.717) is 0 Å². The number of carbonyl (C=O) groups is 3. The van der Waals surface area contributed by atoms with Gasteiger partial charge in [0.15, 0.2) is 0 Å². The summed E-state index contributed by atoms with van der Waals surface area (Å²) in [5.74, 6) is -0.511. The first-order valence-corrected chi connectivity index (χ1v) is 11.3. The largest absolute Gasteiger partial charge is 0.447 e. The summed E-state index contributed by atoms with van der Waals surface area (Å²) in [4.78, 5) is 40.4. The van der Waals surface area contributed by atoms with Crippen LogP contribution in [0, 0.1) is 5.92 Å². The molecule has 0 saturated carbocycles. The number of nitrogens with zero attached hydrogens (tertiary/aromatic N) is 2. The van der Waals surface area contributed by atoms with E-state index >= 15 is 0 Å². The Labute approximate surface area is 195 Å². The molecule has 0 aliphatic carbocycles. The zero-order chi connectivity index (χ0) is 24.7. The fraction of sp³-hybridized carbons (Fsp3) is 0.560. The minimum absolute atomic E-state index is 0.00300. The molecule has 2 unspecified atom stereocenters. The molecule has 1 aliphatic rings. The van der Waals surface area contributed by atoms with Crippen molar-refractivity contribution in [3.05, 3.63) is 36.0 Å². The average Bonchev–Trinajstić information content (AvgIpc) is 3.25. The molecule has 1 fully saturated rings. The lowest BCUT2D eigenvalue weighted by Gasteiger charge is -2.37. The Bertz CT molecular complexity index is 1060. The van der Waals surface area contributed by atoms with E-state index in [4.69, 9.17) is 9.47 Å². The lowest BCUT2D eigenvalue weighted by atomic mass is 9.76. The van der Waals surface area contributed by atoms with Crippen LogP contribution in [0.15, 0.2) is 30.5 Å². The number of carbonyl (C=O) groups excluding carboxylic acids is 3. The van der Waals surface area contributed by atoms with Crippen LogP contribution in [0.2, 0.25) is 0 Å². The maximum atomic E-state index is 13.9. The van der Waals surface area contributed by atoms with Gasteiger partial charge in [0.1, 0.15) is 18.2 Å². The maximum Gasteiger partial charge on any atom is 0.417 e. The van der Waals surface area contributed by atoms with Crippen molar-refractivity contribution in [2.24, 2.45) is 13.0 Å². The number of hydrogen-bond acceptors (Lipinski definition) is 5. The standard InChI is InChI=1S/C25H35N3O5/c1-15(2)19-14-32-23(31)28(19)21(29)20(26-22(30)33-24(3,4)5)25(6,7)17-13-27(8)18-12-10-9-11-16(17)18/h9-13,15,19-20H,14H2,1-8H3,(H,26,30). The minimum Gasteiger partial charge on any atom is -0.447 e. The molecule has 1 aromatic carbocycles. The highest BCUT2D eigenvalue weighted by Crippen LogP contribution is 2.36. The van der Waals surface area contributed by atoms with Crippen LogP contribution in [0.25, 0.3) is 10.9 Å². The number of para-hydroxylation sites is 1. The molecule has 3 rings (SSSR count). The molecule has 33 heavy (non-hydrogen) atoms.